The highest BCUT2D eigenvalue weighted by Gasteiger charge is 2.24. The molecule has 29 heavy (non-hydrogen) atoms. The second-order valence-corrected chi connectivity index (χ2v) is 9.82. The van der Waals surface area contributed by atoms with Crippen LogP contribution in [-0.4, -0.2) is 54.3 Å². The van der Waals surface area contributed by atoms with Gasteiger partial charge < -0.3 is 10.1 Å². The van der Waals surface area contributed by atoms with Crippen LogP contribution in [0.15, 0.2) is 58.3 Å². The number of likely N-dealkylation sites (N-methyl/N-ethyl adjacent to an activating group) is 1. The van der Waals surface area contributed by atoms with Crippen molar-refractivity contribution in [3.8, 4) is 5.75 Å². The molecule has 158 valence electrons. The number of anilines is 1. The van der Waals surface area contributed by atoms with Crippen LogP contribution in [-0.2, 0) is 24.8 Å². The Morgan fingerprint density at radius 3 is 2.28 bits per heavy atom. The largest absolute Gasteiger partial charge is 0.495 e. The van der Waals surface area contributed by atoms with Crippen LogP contribution in [0.4, 0.5) is 5.69 Å². The van der Waals surface area contributed by atoms with Crippen LogP contribution in [0.3, 0.4) is 0 Å². The molecule has 0 spiro atoms. The monoisotopic (exact) mass is 441 g/mol. The Bertz CT molecular complexity index is 1070. The number of ether oxygens (including phenoxy) is 1. The molecule has 0 radical (unpaired) electrons. The van der Waals surface area contributed by atoms with E-state index < -0.39 is 20.0 Å². The fraction of sp³-hybridized carbons (Fsp3) is 0.278. The van der Waals surface area contributed by atoms with Crippen LogP contribution >= 0.6 is 0 Å². The van der Waals surface area contributed by atoms with Crippen molar-refractivity contribution in [2.45, 2.75) is 16.7 Å². The van der Waals surface area contributed by atoms with E-state index in [0.29, 0.717) is 0 Å². The number of rotatable bonds is 9. The SMILES string of the molecule is COc1ccc(S(=O)(=O)N(C)CCNC(C)=O)cc1NS(=O)(=O)c1ccccc1. The summed E-state index contributed by atoms with van der Waals surface area (Å²) in [5, 5.41) is 2.52. The topological polar surface area (TPSA) is 122 Å². The molecular formula is C18H23N3O6S2. The number of nitrogens with zero attached hydrogens (tertiary/aromatic N) is 1. The van der Waals surface area contributed by atoms with E-state index in [9.17, 15) is 21.6 Å². The van der Waals surface area contributed by atoms with Crippen LogP contribution in [0.5, 0.6) is 5.75 Å². The lowest BCUT2D eigenvalue weighted by Gasteiger charge is -2.19. The van der Waals surface area contributed by atoms with Gasteiger partial charge in [-0.15, -0.1) is 0 Å². The summed E-state index contributed by atoms with van der Waals surface area (Å²) in [6.45, 7) is 1.54. The molecule has 2 aromatic rings. The van der Waals surface area contributed by atoms with Gasteiger partial charge in [-0.05, 0) is 30.3 Å². The third-order valence-electron chi connectivity index (χ3n) is 3.98. The van der Waals surface area contributed by atoms with Gasteiger partial charge in [0.25, 0.3) is 10.0 Å². The molecule has 11 heteroatoms. The highest BCUT2D eigenvalue weighted by atomic mass is 32.2. The number of methoxy groups -OCH3 is 1. The van der Waals surface area contributed by atoms with Gasteiger partial charge in [-0.3, -0.25) is 9.52 Å². The summed E-state index contributed by atoms with van der Waals surface area (Å²) >= 11 is 0. The lowest BCUT2D eigenvalue weighted by Crippen LogP contribution is -2.35. The van der Waals surface area contributed by atoms with Gasteiger partial charge >= 0.3 is 0 Å². The first-order valence-corrected chi connectivity index (χ1v) is 11.5. The maximum absolute atomic E-state index is 12.8. The molecule has 0 saturated carbocycles. The molecule has 1 amide bonds. The summed E-state index contributed by atoms with van der Waals surface area (Å²) in [7, 11) is -5.13. The van der Waals surface area contributed by atoms with Crippen LogP contribution < -0.4 is 14.8 Å². The van der Waals surface area contributed by atoms with Crippen molar-refractivity contribution < 1.29 is 26.4 Å². The normalized spacial score (nSPS) is 11.9. The molecule has 0 aromatic heterocycles. The molecule has 2 N–H and O–H groups in total. The third-order valence-corrected chi connectivity index (χ3v) is 7.21. The molecule has 0 unspecified atom stereocenters. The van der Waals surface area contributed by atoms with Gasteiger partial charge in [-0.25, -0.2) is 16.8 Å². The molecular weight excluding hydrogens is 418 g/mol. The molecule has 0 saturated heterocycles. The molecule has 2 aromatic carbocycles. The minimum Gasteiger partial charge on any atom is -0.495 e. The highest BCUT2D eigenvalue weighted by Crippen LogP contribution is 2.30. The van der Waals surface area contributed by atoms with Crippen molar-refractivity contribution in [2.75, 3.05) is 32.0 Å². The van der Waals surface area contributed by atoms with Crippen LogP contribution in [0, 0.1) is 0 Å². The van der Waals surface area contributed by atoms with Crippen molar-refractivity contribution in [1.29, 1.82) is 0 Å². The van der Waals surface area contributed by atoms with Crippen molar-refractivity contribution in [3.05, 3.63) is 48.5 Å². The Balaban J connectivity index is 2.34. The first-order chi connectivity index (χ1) is 13.6. The predicted octanol–water partition coefficient (Wildman–Crippen LogP) is 1.25. The number of sulfonamides is 2. The molecule has 0 aliphatic heterocycles. The molecule has 0 heterocycles. The maximum Gasteiger partial charge on any atom is 0.262 e. The summed E-state index contributed by atoms with van der Waals surface area (Å²) in [6.07, 6.45) is 0. The van der Waals surface area contributed by atoms with Gasteiger partial charge in [0.05, 0.1) is 22.6 Å². The van der Waals surface area contributed by atoms with Crippen molar-refractivity contribution in [3.63, 3.8) is 0 Å². The zero-order valence-corrected chi connectivity index (χ0v) is 17.9. The third kappa shape index (κ3) is 5.68. The molecule has 9 nitrogen and oxygen atoms in total. The van der Waals surface area contributed by atoms with E-state index in [1.165, 1.54) is 51.4 Å². The van der Waals surface area contributed by atoms with Gasteiger partial charge in [0.1, 0.15) is 5.75 Å². The summed E-state index contributed by atoms with van der Waals surface area (Å²) in [4.78, 5) is 10.9. The van der Waals surface area contributed by atoms with Gasteiger partial charge in [0, 0.05) is 27.1 Å². The maximum atomic E-state index is 12.8. The zero-order chi connectivity index (χ0) is 21.7. The molecule has 0 aliphatic carbocycles. The number of benzene rings is 2. The summed E-state index contributed by atoms with van der Waals surface area (Å²) in [5.74, 6) is -0.0952. The van der Waals surface area contributed by atoms with Gasteiger partial charge in [-0.1, -0.05) is 18.2 Å². The molecule has 0 aliphatic rings. The summed E-state index contributed by atoms with van der Waals surface area (Å²) < 4.78 is 59.4. The molecule has 0 bridgehead atoms. The Morgan fingerprint density at radius 2 is 1.69 bits per heavy atom. The number of carbonyl (C=O) groups is 1. The Labute approximate surface area is 170 Å². The fourth-order valence-electron chi connectivity index (χ4n) is 2.42. The number of hydrogen-bond acceptors (Lipinski definition) is 6. The van der Waals surface area contributed by atoms with Crippen molar-refractivity contribution >= 4 is 31.6 Å². The highest BCUT2D eigenvalue weighted by molar-refractivity contribution is 7.92. The van der Waals surface area contributed by atoms with E-state index in [1.807, 2.05) is 0 Å². The van der Waals surface area contributed by atoms with E-state index in [2.05, 4.69) is 10.0 Å². The Morgan fingerprint density at radius 1 is 1.03 bits per heavy atom. The molecule has 2 rings (SSSR count). The average molecular weight is 442 g/mol. The molecule has 0 fully saturated rings. The Hall–Kier alpha value is -2.63. The quantitative estimate of drug-likeness (QED) is 0.604. The van der Waals surface area contributed by atoms with E-state index in [0.717, 1.165) is 4.31 Å². The first-order valence-electron chi connectivity index (χ1n) is 8.54. The van der Waals surface area contributed by atoms with Crippen molar-refractivity contribution in [2.24, 2.45) is 0 Å². The van der Waals surface area contributed by atoms with Crippen LogP contribution in [0.2, 0.25) is 0 Å². The number of amides is 1. The van der Waals surface area contributed by atoms with Crippen molar-refractivity contribution in [1.82, 2.24) is 9.62 Å². The smallest absolute Gasteiger partial charge is 0.262 e. The van der Waals surface area contributed by atoms with E-state index in [1.54, 1.807) is 18.2 Å². The van der Waals surface area contributed by atoms with Crippen LogP contribution in [0.1, 0.15) is 6.92 Å². The minimum atomic E-state index is -3.94. The summed E-state index contributed by atoms with van der Waals surface area (Å²) in [5.41, 5.74) is -0.00677. The average Bonchev–Trinajstić information content (AvgIpc) is 2.68. The summed E-state index contributed by atoms with van der Waals surface area (Å²) in [6, 6.07) is 11.6. The fourth-order valence-corrected chi connectivity index (χ4v) is 4.70. The first kappa shape index (κ1) is 22.7. The minimum absolute atomic E-state index is 0.00677. The van der Waals surface area contributed by atoms with E-state index in [-0.39, 0.29) is 40.2 Å². The number of hydrogen-bond donors (Lipinski definition) is 2. The predicted molar refractivity (Wildman–Crippen MR) is 109 cm³/mol. The zero-order valence-electron chi connectivity index (χ0n) is 16.2. The van der Waals surface area contributed by atoms with E-state index in [4.69, 9.17) is 4.74 Å². The second-order valence-electron chi connectivity index (χ2n) is 6.09. The molecule has 0 atom stereocenters. The Kier molecular flexibility index (Phi) is 7.22. The lowest BCUT2D eigenvalue weighted by molar-refractivity contribution is -0.118. The second kappa shape index (κ2) is 9.25. The number of nitrogens with one attached hydrogen (secondary N) is 2. The van der Waals surface area contributed by atoms with Crippen LogP contribution in [0.25, 0.3) is 0 Å². The number of carbonyl (C=O) groups excluding carboxylic acids is 1. The van der Waals surface area contributed by atoms with Gasteiger partial charge in [-0.2, -0.15) is 4.31 Å². The standard InChI is InChI=1S/C18H23N3O6S2/c1-14(22)19-11-12-21(2)29(25,26)16-9-10-18(27-3)17(13-16)20-28(23,24)15-7-5-4-6-8-15/h4-10,13,20H,11-12H2,1-3H3,(H,19,22). The lowest BCUT2D eigenvalue weighted by atomic mass is 10.3. The van der Waals surface area contributed by atoms with Gasteiger partial charge in [0.15, 0.2) is 0 Å². The van der Waals surface area contributed by atoms with E-state index >= 15 is 0 Å². The van der Waals surface area contributed by atoms with Gasteiger partial charge in [0.2, 0.25) is 15.9 Å².